The van der Waals surface area contributed by atoms with Gasteiger partial charge in [0.05, 0.1) is 0 Å². The van der Waals surface area contributed by atoms with E-state index < -0.39 is 0 Å². The summed E-state index contributed by atoms with van der Waals surface area (Å²) >= 11 is 6.26. The van der Waals surface area contributed by atoms with Crippen LogP contribution in [0.3, 0.4) is 0 Å². The molecule has 0 bridgehead atoms. The van der Waals surface area contributed by atoms with E-state index >= 15 is 0 Å². The first-order valence-corrected chi connectivity index (χ1v) is 9.51. The van der Waals surface area contributed by atoms with Crippen molar-refractivity contribution >= 4 is 45.1 Å². The lowest BCUT2D eigenvalue weighted by molar-refractivity contribution is 0.102. The van der Waals surface area contributed by atoms with Gasteiger partial charge >= 0.3 is 0 Å². The van der Waals surface area contributed by atoms with Crippen molar-refractivity contribution in [1.29, 1.82) is 0 Å². The number of benzene rings is 4. The second-order valence-corrected chi connectivity index (χ2v) is 7.07. The third kappa shape index (κ3) is 3.24. The molecule has 0 aliphatic rings. The van der Waals surface area contributed by atoms with Gasteiger partial charge in [0.15, 0.2) is 5.58 Å². The molecule has 0 radical (unpaired) electrons. The Balaban J connectivity index is 1.48. The van der Waals surface area contributed by atoms with Crippen molar-refractivity contribution in [2.24, 2.45) is 0 Å². The number of rotatable bonds is 3. The maximum Gasteiger partial charge on any atom is 0.256 e. The van der Waals surface area contributed by atoms with Crippen LogP contribution < -0.4 is 5.32 Å². The Bertz CT molecular complexity index is 1360. The zero-order valence-electron chi connectivity index (χ0n) is 15.2. The second kappa shape index (κ2) is 7.08. The van der Waals surface area contributed by atoms with Crippen molar-refractivity contribution in [3.05, 3.63) is 95.5 Å². The fraction of sp³-hybridized carbons (Fsp3) is 0. The number of anilines is 1. The maximum atomic E-state index is 12.9. The Labute approximate surface area is 171 Å². The van der Waals surface area contributed by atoms with Gasteiger partial charge in [-0.2, -0.15) is 0 Å². The van der Waals surface area contributed by atoms with E-state index in [-0.39, 0.29) is 5.91 Å². The molecule has 4 aromatic carbocycles. The van der Waals surface area contributed by atoms with Gasteiger partial charge in [-0.3, -0.25) is 4.79 Å². The summed E-state index contributed by atoms with van der Waals surface area (Å²) in [6.45, 7) is 0. The molecule has 0 spiro atoms. The summed E-state index contributed by atoms with van der Waals surface area (Å²) in [6.07, 6.45) is 0. The van der Waals surface area contributed by atoms with Crippen LogP contribution in [-0.2, 0) is 0 Å². The highest BCUT2D eigenvalue weighted by Crippen LogP contribution is 2.28. The first kappa shape index (κ1) is 17.5. The number of hydrogen-bond donors (Lipinski definition) is 1. The predicted octanol–water partition coefficient (Wildman–Crippen LogP) is 6.55. The van der Waals surface area contributed by atoms with Gasteiger partial charge in [0.2, 0.25) is 5.89 Å². The molecule has 1 N–H and O–H groups in total. The average molecular weight is 399 g/mol. The SMILES string of the molecule is O=C(Nc1ccc2oc(-c3ccccc3)nc2c1)c1cccc2c(Cl)cccc12. The van der Waals surface area contributed by atoms with E-state index in [1.807, 2.05) is 66.7 Å². The molecule has 4 nitrogen and oxygen atoms in total. The highest BCUT2D eigenvalue weighted by atomic mass is 35.5. The van der Waals surface area contributed by atoms with Crippen LogP contribution in [0.5, 0.6) is 0 Å². The van der Waals surface area contributed by atoms with Gasteiger partial charge in [-0.1, -0.05) is 54.1 Å². The number of carbonyl (C=O) groups excluding carboxylic acids is 1. The van der Waals surface area contributed by atoms with Crippen molar-refractivity contribution in [1.82, 2.24) is 4.98 Å². The lowest BCUT2D eigenvalue weighted by atomic mass is 10.0. The number of carbonyl (C=O) groups is 1. The summed E-state index contributed by atoms with van der Waals surface area (Å²) in [5.41, 5.74) is 3.47. The van der Waals surface area contributed by atoms with E-state index in [0.717, 1.165) is 16.3 Å². The number of hydrogen-bond acceptors (Lipinski definition) is 3. The van der Waals surface area contributed by atoms with E-state index in [0.29, 0.717) is 33.3 Å². The third-order valence-electron chi connectivity index (χ3n) is 4.78. The van der Waals surface area contributed by atoms with Crippen molar-refractivity contribution in [2.75, 3.05) is 5.32 Å². The average Bonchev–Trinajstić information content (AvgIpc) is 3.18. The number of amides is 1. The predicted molar refractivity (Wildman–Crippen MR) is 116 cm³/mol. The molecule has 5 aromatic rings. The van der Waals surface area contributed by atoms with Gasteiger partial charge in [-0.25, -0.2) is 4.98 Å². The van der Waals surface area contributed by atoms with Crippen LogP contribution in [0.15, 0.2) is 89.3 Å². The zero-order chi connectivity index (χ0) is 19.8. The Hall–Kier alpha value is -3.63. The minimum atomic E-state index is -0.205. The van der Waals surface area contributed by atoms with Crippen LogP contribution in [0.2, 0.25) is 5.02 Å². The van der Waals surface area contributed by atoms with Gasteiger partial charge in [0, 0.05) is 27.2 Å². The molecule has 0 atom stereocenters. The van der Waals surface area contributed by atoms with Crippen LogP contribution in [0.25, 0.3) is 33.3 Å². The van der Waals surface area contributed by atoms with Crippen molar-refractivity contribution in [2.45, 2.75) is 0 Å². The fourth-order valence-corrected chi connectivity index (χ4v) is 3.61. The normalized spacial score (nSPS) is 11.1. The Morgan fingerprint density at radius 2 is 1.66 bits per heavy atom. The summed E-state index contributed by atoms with van der Waals surface area (Å²) in [5.74, 6) is 0.344. The number of aromatic nitrogens is 1. The molecule has 1 heterocycles. The van der Waals surface area contributed by atoms with Gasteiger partial charge in [0.25, 0.3) is 5.91 Å². The van der Waals surface area contributed by atoms with Crippen LogP contribution in [-0.4, -0.2) is 10.9 Å². The minimum absolute atomic E-state index is 0.205. The molecule has 0 saturated carbocycles. The third-order valence-corrected chi connectivity index (χ3v) is 5.11. The molecule has 140 valence electrons. The lowest BCUT2D eigenvalue weighted by Gasteiger charge is -2.09. The van der Waals surface area contributed by atoms with Gasteiger partial charge in [0.1, 0.15) is 5.52 Å². The number of halogens is 1. The summed E-state index contributed by atoms with van der Waals surface area (Å²) < 4.78 is 5.83. The zero-order valence-corrected chi connectivity index (χ0v) is 16.0. The van der Waals surface area contributed by atoms with E-state index in [9.17, 15) is 4.79 Å². The molecule has 0 saturated heterocycles. The second-order valence-electron chi connectivity index (χ2n) is 6.66. The fourth-order valence-electron chi connectivity index (χ4n) is 3.38. The van der Waals surface area contributed by atoms with E-state index in [2.05, 4.69) is 10.3 Å². The number of oxazole rings is 1. The van der Waals surface area contributed by atoms with Crippen LogP contribution >= 0.6 is 11.6 Å². The van der Waals surface area contributed by atoms with Gasteiger partial charge < -0.3 is 9.73 Å². The standard InChI is InChI=1S/C24H15ClN2O2/c25-20-11-5-8-17-18(20)9-4-10-19(17)23(28)26-16-12-13-22-21(14-16)27-24(29-22)15-6-2-1-3-7-15/h1-14H,(H,26,28). The molecule has 29 heavy (non-hydrogen) atoms. The molecule has 0 unspecified atom stereocenters. The van der Waals surface area contributed by atoms with Crippen molar-refractivity contribution in [3.63, 3.8) is 0 Å². The van der Waals surface area contributed by atoms with Crippen LogP contribution in [0, 0.1) is 0 Å². The van der Waals surface area contributed by atoms with E-state index in [4.69, 9.17) is 16.0 Å². The molecule has 1 amide bonds. The van der Waals surface area contributed by atoms with Gasteiger partial charge in [-0.15, -0.1) is 0 Å². The molecule has 0 aliphatic carbocycles. The first-order chi connectivity index (χ1) is 14.2. The quantitative estimate of drug-likeness (QED) is 0.374. The first-order valence-electron chi connectivity index (χ1n) is 9.14. The smallest absolute Gasteiger partial charge is 0.256 e. The minimum Gasteiger partial charge on any atom is -0.436 e. The molecule has 0 fully saturated rings. The molecule has 1 aromatic heterocycles. The largest absolute Gasteiger partial charge is 0.436 e. The highest BCUT2D eigenvalue weighted by molar-refractivity contribution is 6.36. The maximum absolute atomic E-state index is 12.9. The number of nitrogens with one attached hydrogen (secondary N) is 1. The van der Waals surface area contributed by atoms with E-state index in [1.54, 1.807) is 18.2 Å². The topological polar surface area (TPSA) is 55.1 Å². The summed E-state index contributed by atoms with van der Waals surface area (Å²) in [7, 11) is 0. The molecular formula is C24H15ClN2O2. The summed E-state index contributed by atoms with van der Waals surface area (Å²) in [4.78, 5) is 17.5. The van der Waals surface area contributed by atoms with Crippen LogP contribution in [0.1, 0.15) is 10.4 Å². The van der Waals surface area contributed by atoms with E-state index in [1.165, 1.54) is 0 Å². The molecular weight excluding hydrogens is 384 g/mol. The van der Waals surface area contributed by atoms with Crippen molar-refractivity contribution in [3.8, 4) is 11.5 Å². The number of fused-ring (bicyclic) bond motifs is 2. The molecule has 5 heteroatoms. The highest BCUT2D eigenvalue weighted by Gasteiger charge is 2.13. The Kier molecular flexibility index (Phi) is 4.26. The van der Waals surface area contributed by atoms with Gasteiger partial charge in [-0.05, 0) is 47.9 Å². The Morgan fingerprint density at radius 3 is 2.52 bits per heavy atom. The summed E-state index contributed by atoms with van der Waals surface area (Å²) in [5, 5.41) is 5.23. The molecule has 0 aliphatic heterocycles. The lowest BCUT2D eigenvalue weighted by Crippen LogP contribution is -2.12. The summed E-state index contributed by atoms with van der Waals surface area (Å²) in [6, 6.07) is 26.2. The molecule has 5 rings (SSSR count). The monoisotopic (exact) mass is 398 g/mol. The van der Waals surface area contributed by atoms with Crippen LogP contribution in [0.4, 0.5) is 5.69 Å². The van der Waals surface area contributed by atoms with Crippen molar-refractivity contribution < 1.29 is 9.21 Å². The Morgan fingerprint density at radius 1 is 0.862 bits per heavy atom. The number of nitrogens with zero attached hydrogens (tertiary/aromatic N) is 1.